The van der Waals surface area contributed by atoms with E-state index in [2.05, 4.69) is 254 Å². The second kappa shape index (κ2) is 16.8. The van der Waals surface area contributed by atoms with Gasteiger partial charge in [-0.1, -0.05) is 206 Å². The van der Waals surface area contributed by atoms with Crippen molar-refractivity contribution < 1.29 is 4.42 Å². The molecule has 0 aliphatic rings. The van der Waals surface area contributed by atoms with Crippen LogP contribution >= 0.6 is 0 Å². The monoisotopic (exact) mass is 841 g/mol. The quantitative estimate of drug-likeness (QED) is 0.144. The number of nitrogens with zero attached hydrogens (tertiary/aromatic N) is 1. The van der Waals surface area contributed by atoms with E-state index in [0.29, 0.717) is 0 Å². The highest BCUT2D eigenvalue weighted by atomic mass is 16.3. The molecule has 0 saturated heterocycles. The lowest BCUT2D eigenvalue weighted by atomic mass is 9.91. The molecule has 12 rings (SSSR count). The van der Waals surface area contributed by atoms with Gasteiger partial charge >= 0.3 is 0 Å². The van der Waals surface area contributed by atoms with Crippen molar-refractivity contribution in [3.05, 3.63) is 261 Å². The smallest absolute Gasteiger partial charge is 0.135 e. The Balaban J connectivity index is 1.01. The maximum Gasteiger partial charge on any atom is 0.135 e. The van der Waals surface area contributed by atoms with Crippen molar-refractivity contribution in [2.75, 3.05) is 4.90 Å². The van der Waals surface area contributed by atoms with Crippen LogP contribution in [0, 0.1) is 0 Å². The normalized spacial score (nSPS) is 11.3. The summed E-state index contributed by atoms with van der Waals surface area (Å²) in [6.45, 7) is 0. The zero-order valence-corrected chi connectivity index (χ0v) is 36.2. The van der Waals surface area contributed by atoms with E-state index < -0.39 is 0 Å². The summed E-state index contributed by atoms with van der Waals surface area (Å²) in [6.07, 6.45) is 0. The lowest BCUT2D eigenvalue weighted by Gasteiger charge is -2.29. The van der Waals surface area contributed by atoms with Gasteiger partial charge in [-0.25, -0.2) is 0 Å². The molecule has 0 unspecified atom stereocenters. The van der Waals surface area contributed by atoms with Crippen LogP contribution in [0.4, 0.5) is 17.1 Å². The van der Waals surface area contributed by atoms with Gasteiger partial charge in [0.2, 0.25) is 0 Å². The summed E-state index contributed by atoms with van der Waals surface area (Å²) in [5.74, 6) is 0. The molecule has 0 spiro atoms. The Morgan fingerprint density at radius 2 is 0.727 bits per heavy atom. The predicted octanol–water partition coefficient (Wildman–Crippen LogP) is 18.2. The number of anilines is 3. The fourth-order valence-corrected chi connectivity index (χ4v) is 9.61. The largest absolute Gasteiger partial charge is 0.456 e. The van der Waals surface area contributed by atoms with Crippen molar-refractivity contribution in [2.45, 2.75) is 0 Å². The van der Waals surface area contributed by atoms with Gasteiger partial charge in [0.15, 0.2) is 0 Å². The summed E-state index contributed by atoms with van der Waals surface area (Å²) in [7, 11) is 0. The third-order valence-electron chi connectivity index (χ3n) is 12.9. The summed E-state index contributed by atoms with van der Waals surface area (Å²) >= 11 is 0. The van der Waals surface area contributed by atoms with Crippen LogP contribution in [-0.4, -0.2) is 0 Å². The number of hydrogen-bond acceptors (Lipinski definition) is 2. The Kier molecular flexibility index (Phi) is 9.89. The highest BCUT2D eigenvalue weighted by Crippen LogP contribution is 2.45. The number of fused-ring (bicyclic) bond motifs is 4. The number of furan rings is 1. The number of benzene rings is 11. The third-order valence-corrected chi connectivity index (χ3v) is 12.9. The molecule has 0 saturated carbocycles. The zero-order chi connectivity index (χ0) is 43.8. The molecule has 0 atom stereocenters. The van der Waals surface area contributed by atoms with Gasteiger partial charge < -0.3 is 9.32 Å². The molecular formula is C64H43NO. The van der Waals surface area contributed by atoms with Crippen LogP contribution in [0.25, 0.3) is 99.5 Å². The minimum Gasteiger partial charge on any atom is -0.456 e. The van der Waals surface area contributed by atoms with E-state index in [1.165, 1.54) is 44.2 Å². The summed E-state index contributed by atoms with van der Waals surface area (Å²) < 4.78 is 6.18. The number of para-hydroxylation sites is 1. The van der Waals surface area contributed by atoms with Crippen LogP contribution in [0.1, 0.15) is 0 Å². The average Bonchev–Trinajstić information content (AvgIpc) is 3.78. The summed E-state index contributed by atoms with van der Waals surface area (Å²) in [5, 5.41) is 4.70. The highest BCUT2D eigenvalue weighted by molar-refractivity contribution is 6.06. The van der Waals surface area contributed by atoms with Crippen molar-refractivity contribution in [3.63, 3.8) is 0 Å². The minimum absolute atomic E-state index is 0.897. The summed E-state index contributed by atoms with van der Waals surface area (Å²) in [5.41, 5.74) is 19.1. The summed E-state index contributed by atoms with van der Waals surface area (Å²) in [6, 6.07) is 94.1. The molecule has 12 aromatic rings. The first kappa shape index (κ1) is 38.9. The Bertz CT molecular complexity index is 3660. The molecule has 310 valence electrons. The maximum absolute atomic E-state index is 6.18. The molecule has 0 amide bonds. The number of hydrogen-bond donors (Lipinski definition) is 0. The van der Waals surface area contributed by atoms with Gasteiger partial charge in [0, 0.05) is 27.7 Å². The molecule has 66 heavy (non-hydrogen) atoms. The van der Waals surface area contributed by atoms with E-state index in [1.807, 2.05) is 12.1 Å². The van der Waals surface area contributed by atoms with Gasteiger partial charge in [0.05, 0.1) is 5.69 Å². The van der Waals surface area contributed by atoms with Gasteiger partial charge in [-0.05, 0) is 127 Å². The van der Waals surface area contributed by atoms with Crippen molar-refractivity contribution in [3.8, 4) is 66.8 Å². The predicted molar refractivity (Wildman–Crippen MR) is 279 cm³/mol. The first-order chi connectivity index (χ1) is 32.7. The second-order valence-electron chi connectivity index (χ2n) is 16.9. The SMILES string of the molecule is c1ccc(-c2ccc(-c3ccc(N(c4ccc(-c5ccc6oc7ccccc7c6c5)cc4)c4cc(-c5cccc6ccccc56)ccc4-c4ccccc4)cc3)cc2-c2ccccc2)cc1. The molecule has 1 aromatic heterocycles. The van der Waals surface area contributed by atoms with Gasteiger partial charge in [-0.3, -0.25) is 0 Å². The fourth-order valence-electron chi connectivity index (χ4n) is 9.61. The zero-order valence-electron chi connectivity index (χ0n) is 36.2. The highest BCUT2D eigenvalue weighted by Gasteiger charge is 2.20. The third kappa shape index (κ3) is 7.21. The fraction of sp³-hybridized carbons (Fsp3) is 0. The lowest BCUT2D eigenvalue weighted by molar-refractivity contribution is 0.669. The Hall–Kier alpha value is -8.72. The average molecular weight is 842 g/mol. The van der Waals surface area contributed by atoms with E-state index in [4.69, 9.17) is 4.42 Å². The molecule has 2 heteroatoms. The maximum atomic E-state index is 6.18. The molecule has 0 fully saturated rings. The molecule has 0 N–H and O–H groups in total. The van der Waals surface area contributed by atoms with Crippen molar-refractivity contribution >= 4 is 49.8 Å². The lowest BCUT2D eigenvalue weighted by Crippen LogP contribution is -2.11. The molecule has 11 aromatic carbocycles. The Morgan fingerprint density at radius 1 is 0.242 bits per heavy atom. The van der Waals surface area contributed by atoms with Gasteiger partial charge in [-0.15, -0.1) is 0 Å². The first-order valence-corrected chi connectivity index (χ1v) is 22.6. The Morgan fingerprint density at radius 3 is 1.41 bits per heavy atom. The van der Waals surface area contributed by atoms with Crippen molar-refractivity contribution in [2.24, 2.45) is 0 Å². The number of rotatable bonds is 9. The van der Waals surface area contributed by atoms with E-state index >= 15 is 0 Å². The molecular weight excluding hydrogens is 799 g/mol. The topological polar surface area (TPSA) is 16.4 Å². The molecule has 2 nitrogen and oxygen atoms in total. The van der Waals surface area contributed by atoms with Gasteiger partial charge in [0.1, 0.15) is 11.2 Å². The first-order valence-electron chi connectivity index (χ1n) is 22.6. The Labute approximate surface area is 384 Å². The van der Waals surface area contributed by atoms with Crippen LogP contribution in [0.5, 0.6) is 0 Å². The molecule has 0 radical (unpaired) electrons. The second-order valence-corrected chi connectivity index (χ2v) is 16.9. The van der Waals surface area contributed by atoms with Gasteiger partial charge in [-0.2, -0.15) is 0 Å². The molecule has 0 aliphatic heterocycles. The minimum atomic E-state index is 0.897. The van der Waals surface area contributed by atoms with Crippen molar-refractivity contribution in [1.82, 2.24) is 0 Å². The standard InChI is InChI=1S/C64H43NO/c1-4-15-46(16-5-1)57-38-31-50(41-60(57)49-19-8-3-9-20-49)44-27-34-53(35-28-44)65(54-36-29-45(30-37-54)51-33-40-64-61(42-51)59-24-12-13-26-63(59)66-64)62-43-52(32-39-58(62)48-17-6-2-7-18-48)56-25-14-22-47-21-10-11-23-55(47)56/h1-43H. The van der Waals surface area contributed by atoms with Crippen LogP contribution in [-0.2, 0) is 0 Å². The van der Waals surface area contributed by atoms with E-state index in [9.17, 15) is 0 Å². The summed E-state index contributed by atoms with van der Waals surface area (Å²) in [4.78, 5) is 2.42. The van der Waals surface area contributed by atoms with E-state index in [1.54, 1.807) is 0 Å². The van der Waals surface area contributed by atoms with Crippen LogP contribution < -0.4 is 4.90 Å². The van der Waals surface area contributed by atoms with Crippen LogP contribution in [0.15, 0.2) is 265 Å². The van der Waals surface area contributed by atoms with Crippen molar-refractivity contribution in [1.29, 1.82) is 0 Å². The molecule has 1 heterocycles. The van der Waals surface area contributed by atoms with E-state index in [-0.39, 0.29) is 0 Å². The van der Waals surface area contributed by atoms with Gasteiger partial charge in [0.25, 0.3) is 0 Å². The van der Waals surface area contributed by atoms with Crippen LogP contribution in [0.2, 0.25) is 0 Å². The molecule has 0 bridgehead atoms. The van der Waals surface area contributed by atoms with Crippen LogP contribution in [0.3, 0.4) is 0 Å². The molecule has 0 aliphatic carbocycles. The van der Waals surface area contributed by atoms with E-state index in [0.717, 1.165) is 72.4 Å².